The van der Waals surface area contributed by atoms with Crippen LogP contribution >= 0.6 is 11.6 Å². The Kier molecular flexibility index (Phi) is 3.32. The minimum Gasteiger partial charge on any atom is -0.488 e. The summed E-state index contributed by atoms with van der Waals surface area (Å²) in [6, 6.07) is 10.8. The number of halogens is 1. The molecule has 5 heteroatoms. The highest BCUT2D eigenvalue weighted by molar-refractivity contribution is 6.23. The van der Waals surface area contributed by atoms with Gasteiger partial charge in [0, 0.05) is 18.2 Å². The number of hydrogen-bond acceptors (Lipinski definition) is 3. The molecular formula is C15H12ClNO3. The number of carboxylic acid groups (broad SMARTS) is 1. The number of rotatable bonds is 4. The fourth-order valence-corrected chi connectivity index (χ4v) is 2.18. The van der Waals surface area contributed by atoms with E-state index in [1.165, 1.54) is 12.3 Å². The van der Waals surface area contributed by atoms with Crippen molar-refractivity contribution in [1.29, 1.82) is 0 Å². The Bertz CT molecular complexity index is 659. The van der Waals surface area contributed by atoms with Crippen LogP contribution in [-0.4, -0.2) is 27.5 Å². The molecule has 0 amide bonds. The molecule has 3 rings (SSSR count). The van der Waals surface area contributed by atoms with Gasteiger partial charge in [0.05, 0.1) is 5.38 Å². The number of ether oxygens (including phenoxy) is 1. The zero-order valence-corrected chi connectivity index (χ0v) is 11.2. The van der Waals surface area contributed by atoms with Gasteiger partial charge in [0.1, 0.15) is 17.5 Å². The first kappa shape index (κ1) is 12.9. The average Bonchev–Trinajstić information content (AvgIpc) is 3.15. The summed E-state index contributed by atoms with van der Waals surface area (Å²) in [6.45, 7) is 0. The third-order valence-corrected chi connectivity index (χ3v) is 3.57. The van der Waals surface area contributed by atoms with Crippen LogP contribution in [0.4, 0.5) is 0 Å². The quantitative estimate of drug-likeness (QED) is 0.878. The first-order chi connectivity index (χ1) is 9.65. The SMILES string of the molecule is O=C(O)c1cc(-c2ccccc2OC2CC2Cl)ccn1. The number of benzene rings is 1. The number of carboxylic acids is 1. The summed E-state index contributed by atoms with van der Waals surface area (Å²) >= 11 is 5.95. The molecule has 2 unspecified atom stereocenters. The Morgan fingerprint density at radius 2 is 2.10 bits per heavy atom. The molecule has 0 bridgehead atoms. The van der Waals surface area contributed by atoms with E-state index in [1.54, 1.807) is 6.07 Å². The first-order valence-electron chi connectivity index (χ1n) is 6.24. The maximum atomic E-state index is 11.0. The van der Waals surface area contributed by atoms with E-state index in [9.17, 15) is 4.79 Å². The predicted molar refractivity (Wildman–Crippen MR) is 75.3 cm³/mol. The summed E-state index contributed by atoms with van der Waals surface area (Å²) < 4.78 is 5.82. The fraction of sp³-hybridized carbons (Fsp3) is 0.200. The van der Waals surface area contributed by atoms with Crippen LogP contribution in [0.15, 0.2) is 42.6 Å². The van der Waals surface area contributed by atoms with E-state index in [0.29, 0.717) is 5.75 Å². The second kappa shape index (κ2) is 5.13. The van der Waals surface area contributed by atoms with Gasteiger partial charge in [-0.25, -0.2) is 9.78 Å². The Balaban J connectivity index is 1.96. The van der Waals surface area contributed by atoms with Crippen LogP contribution in [0, 0.1) is 0 Å². The number of alkyl halides is 1. The average molecular weight is 290 g/mol. The second-order valence-corrected chi connectivity index (χ2v) is 5.20. The molecule has 4 nitrogen and oxygen atoms in total. The molecule has 1 aliphatic rings. The van der Waals surface area contributed by atoms with E-state index in [2.05, 4.69) is 4.98 Å². The summed E-state index contributed by atoms with van der Waals surface area (Å²) in [7, 11) is 0. The van der Waals surface area contributed by atoms with E-state index < -0.39 is 5.97 Å². The van der Waals surface area contributed by atoms with Crippen molar-refractivity contribution in [3.63, 3.8) is 0 Å². The Morgan fingerprint density at radius 3 is 2.80 bits per heavy atom. The van der Waals surface area contributed by atoms with Gasteiger partial charge in [0.15, 0.2) is 0 Å². The van der Waals surface area contributed by atoms with Crippen molar-refractivity contribution >= 4 is 17.6 Å². The van der Waals surface area contributed by atoms with Gasteiger partial charge in [0.25, 0.3) is 0 Å². The minimum atomic E-state index is -1.05. The molecule has 1 aliphatic carbocycles. The van der Waals surface area contributed by atoms with Crippen LogP contribution in [-0.2, 0) is 0 Å². The molecule has 2 aromatic rings. The van der Waals surface area contributed by atoms with Crippen LogP contribution < -0.4 is 4.74 Å². The zero-order valence-electron chi connectivity index (χ0n) is 10.5. The van der Waals surface area contributed by atoms with E-state index in [4.69, 9.17) is 21.4 Å². The van der Waals surface area contributed by atoms with Gasteiger partial charge in [-0.15, -0.1) is 11.6 Å². The molecule has 102 valence electrons. The van der Waals surface area contributed by atoms with Crippen molar-refractivity contribution in [3.8, 4) is 16.9 Å². The Morgan fingerprint density at radius 1 is 1.35 bits per heavy atom. The summed E-state index contributed by atoms with van der Waals surface area (Å²) in [5, 5.41) is 9.07. The molecule has 0 spiro atoms. The molecule has 2 atom stereocenters. The molecular weight excluding hydrogens is 278 g/mol. The number of aromatic carboxylic acids is 1. The number of hydrogen-bond donors (Lipinski definition) is 1. The standard InChI is InChI=1S/C15H12ClNO3/c16-11-8-14(11)20-13-4-2-1-3-10(13)9-5-6-17-12(7-9)15(18)19/h1-7,11,14H,8H2,(H,18,19). The summed E-state index contributed by atoms with van der Waals surface area (Å²) in [5.41, 5.74) is 1.62. The van der Waals surface area contributed by atoms with Crippen molar-refractivity contribution < 1.29 is 14.6 Å². The lowest BCUT2D eigenvalue weighted by atomic mass is 10.1. The Labute approximate surface area is 121 Å². The molecule has 1 heterocycles. The van der Waals surface area contributed by atoms with Crippen molar-refractivity contribution in [2.24, 2.45) is 0 Å². The van der Waals surface area contributed by atoms with Gasteiger partial charge < -0.3 is 9.84 Å². The number of aromatic nitrogens is 1. The van der Waals surface area contributed by atoms with Gasteiger partial charge in [0.2, 0.25) is 0 Å². The number of carbonyl (C=O) groups is 1. The second-order valence-electron chi connectivity index (χ2n) is 4.64. The van der Waals surface area contributed by atoms with E-state index >= 15 is 0 Å². The van der Waals surface area contributed by atoms with Gasteiger partial charge in [-0.2, -0.15) is 0 Å². The normalized spacial score (nSPS) is 20.4. The van der Waals surface area contributed by atoms with E-state index in [-0.39, 0.29) is 17.2 Å². The van der Waals surface area contributed by atoms with Gasteiger partial charge in [-0.1, -0.05) is 18.2 Å². The molecule has 0 radical (unpaired) electrons. The van der Waals surface area contributed by atoms with Gasteiger partial charge in [-0.3, -0.25) is 0 Å². The summed E-state index contributed by atoms with van der Waals surface area (Å²) in [4.78, 5) is 14.8. The third kappa shape index (κ3) is 2.60. The maximum Gasteiger partial charge on any atom is 0.354 e. The van der Waals surface area contributed by atoms with E-state index in [0.717, 1.165) is 17.5 Å². The Hall–Kier alpha value is -2.07. The molecule has 1 N–H and O–H groups in total. The largest absolute Gasteiger partial charge is 0.488 e. The molecule has 1 aromatic heterocycles. The monoisotopic (exact) mass is 289 g/mol. The van der Waals surface area contributed by atoms with Crippen molar-refractivity contribution in [2.75, 3.05) is 0 Å². The molecule has 0 saturated heterocycles. The van der Waals surface area contributed by atoms with Crippen LogP contribution in [0.2, 0.25) is 0 Å². The third-order valence-electron chi connectivity index (χ3n) is 3.11. The predicted octanol–water partition coefficient (Wildman–Crippen LogP) is 3.21. The fourth-order valence-electron chi connectivity index (χ4n) is 1.95. The molecule has 0 aliphatic heterocycles. The van der Waals surface area contributed by atoms with Crippen molar-refractivity contribution in [2.45, 2.75) is 17.9 Å². The lowest BCUT2D eigenvalue weighted by molar-refractivity contribution is 0.0690. The van der Waals surface area contributed by atoms with Crippen molar-refractivity contribution in [1.82, 2.24) is 4.98 Å². The highest BCUT2D eigenvalue weighted by Gasteiger charge is 2.38. The maximum absolute atomic E-state index is 11.0. The highest BCUT2D eigenvalue weighted by Crippen LogP contribution is 2.37. The van der Waals surface area contributed by atoms with Crippen molar-refractivity contribution in [3.05, 3.63) is 48.3 Å². The molecule has 1 aromatic carbocycles. The summed E-state index contributed by atoms with van der Waals surface area (Å²) in [6.07, 6.45) is 2.36. The van der Waals surface area contributed by atoms with Crippen LogP contribution in [0.25, 0.3) is 11.1 Å². The lowest BCUT2D eigenvalue weighted by Gasteiger charge is -2.11. The minimum absolute atomic E-state index is 0.0129. The molecule has 1 fully saturated rings. The van der Waals surface area contributed by atoms with Gasteiger partial charge in [-0.05, 0) is 23.8 Å². The number of para-hydroxylation sites is 1. The summed E-state index contributed by atoms with van der Waals surface area (Å²) in [5.74, 6) is -0.337. The number of pyridine rings is 1. The highest BCUT2D eigenvalue weighted by atomic mass is 35.5. The first-order valence-corrected chi connectivity index (χ1v) is 6.68. The lowest BCUT2D eigenvalue weighted by Crippen LogP contribution is -2.02. The van der Waals surface area contributed by atoms with Crippen LogP contribution in [0.3, 0.4) is 0 Å². The van der Waals surface area contributed by atoms with Gasteiger partial charge >= 0.3 is 5.97 Å². The van der Waals surface area contributed by atoms with Crippen LogP contribution in [0.5, 0.6) is 5.75 Å². The zero-order chi connectivity index (χ0) is 14.1. The topological polar surface area (TPSA) is 59.4 Å². The molecule has 1 saturated carbocycles. The van der Waals surface area contributed by atoms with Crippen LogP contribution in [0.1, 0.15) is 16.9 Å². The smallest absolute Gasteiger partial charge is 0.354 e. The van der Waals surface area contributed by atoms with E-state index in [1.807, 2.05) is 24.3 Å². The molecule has 20 heavy (non-hydrogen) atoms. The number of nitrogens with zero attached hydrogens (tertiary/aromatic N) is 1.